The SMILES string of the molecule is CC(C)(O)CC(=O)NCc1ccc(Nc2ccncc2)cc1. The molecule has 5 heteroatoms. The summed E-state index contributed by atoms with van der Waals surface area (Å²) in [5.74, 6) is -0.161. The van der Waals surface area contributed by atoms with Crippen LogP contribution in [-0.2, 0) is 11.3 Å². The highest BCUT2D eigenvalue weighted by Crippen LogP contribution is 2.16. The first-order valence-electron chi connectivity index (χ1n) is 7.17. The predicted molar refractivity (Wildman–Crippen MR) is 86.7 cm³/mol. The molecule has 0 fully saturated rings. The smallest absolute Gasteiger partial charge is 0.223 e. The maximum atomic E-state index is 11.7. The van der Waals surface area contributed by atoms with E-state index in [1.807, 2.05) is 36.4 Å². The second kappa shape index (κ2) is 7.04. The van der Waals surface area contributed by atoms with Crippen LogP contribution in [0.25, 0.3) is 0 Å². The van der Waals surface area contributed by atoms with Crippen LogP contribution in [0.2, 0.25) is 0 Å². The number of pyridine rings is 1. The predicted octanol–water partition coefficient (Wildman–Crippen LogP) is 2.60. The van der Waals surface area contributed by atoms with E-state index in [9.17, 15) is 9.90 Å². The van der Waals surface area contributed by atoms with Gasteiger partial charge in [-0.15, -0.1) is 0 Å². The molecule has 0 aliphatic heterocycles. The molecule has 2 aromatic rings. The molecule has 1 heterocycles. The highest BCUT2D eigenvalue weighted by atomic mass is 16.3. The van der Waals surface area contributed by atoms with E-state index < -0.39 is 5.60 Å². The summed E-state index contributed by atoms with van der Waals surface area (Å²) >= 11 is 0. The summed E-state index contributed by atoms with van der Waals surface area (Å²) in [6.07, 6.45) is 3.55. The lowest BCUT2D eigenvalue weighted by molar-refractivity contribution is -0.125. The minimum absolute atomic E-state index is 0.0919. The lowest BCUT2D eigenvalue weighted by Crippen LogP contribution is -2.31. The van der Waals surface area contributed by atoms with E-state index in [4.69, 9.17) is 0 Å². The van der Waals surface area contributed by atoms with E-state index in [0.29, 0.717) is 6.54 Å². The molecular formula is C17H21N3O2. The Hall–Kier alpha value is -2.40. The van der Waals surface area contributed by atoms with Crippen LogP contribution < -0.4 is 10.6 Å². The summed E-state index contributed by atoms with van der Waals surface area (Å²) in [7, 11) is 0. The molecule has 0 bridgehead atoms. The van der Waals surface area contributed by atoms with Crippen LogP contribution in [0.3, 0.4) is 0 Å². The van der Waals surface area contributed by atoms with Crippen LogP contribution in [0.4, 0.5) is 11.4 Å². The normalized spacial score (nSPS) is 11.0. The number of amides is 1. The molecule has 0 radical (unpaired) electrons. The summed E-state index contributed by atoms with van der Waals surface area (Å²) in [6, 6.07) is 11.6. The zero-order valence-corrected chi connectivity index (χ0v) is 12.8. The fourth-order valence-corrected chi connectivity index (χ4v) is 1.96. The van der Waals surface area contributed by atoms with Gasteiger partial charge in [0.2, 0.25) is 5.91 Å². The molecule has 1 aromatic carbocycles. The van der Waals surface area contributed by atoms with Gasteiger partial charge in [-0.3, -0.25) is 9.78 Å². The molecule has 3 N–H and O–H groups in total. The van der Waals surface area contributed by atoms with Crippen molar-refractivity contribution >= 4 is 17.3 Å². The summed E-state index contributed by atoms with van der Waals surface area (Å²) < 4.78 is 0. The van der Waals surface area contributed by atoms with Gasteiger partial charge in [-0.05, 0) is 43.7 Å². The Morgan fingerprint density at radius 2 is 1.68 bits per heavy atom. The van der Waals surface area contributed by atoms with Gasteiger partial charge in [-0.2, -0.15) is 0 Å². The van der Waals surface area contributed by atoms with Crippen molar-refractivity contribution in [3.8, 4) is 0 Å². The van der Waals surface area contributed by atoms with Crippen LogP contribution in [0, 0.1) is 0 Å². The largest absolute Gasteiger partial charge is 0.390 e. The summed E-state index contributed by atoms with van der Waals surface area (Å²) in [4.78, 5) is 15.6. The van der Waals surface area contributed by atoms with E-state index >= 15 is 0 Å². The van der Waals surface area contributed by atoms with E-state index in [2.05, 4.69) is 15.6 Å². The number of carbonyl (C=O) groups is 1. The zero-order valence-electron chi connectivity index (χ0n) is 12.8. The standard InChI is InChI=1S/C17H21N3O2/c1-17(2,22)11-16(21)19-12-13-3-5-14(6-4-13)20-15-7-9-18-10-8-15/h3-10,22H,11-12H2,1-2H3,(H,18,20)(H,19,21). The Bertz CT molecular complexity index is 604. The molecule has 0 saturated carbocycles. The maximum Gasteiger partial charge on any atom is 0.223 e. The molecule has 116 valence electrons. The number of nitrogens with one attached hydrogen (secondary N) is 2. The van der Waals surface area contributed by atoms with Gasteiger partial charge in [0.15, 0.2) is 0 Å². The van der Waals surface area contributed by atoms with E-state index in [0.717, 1.165) is 16.9 Å². The van der Waals surface area contributed by atoms with Gasteiger partial charge in [0, 0.05) is 30.3 Å². The quantitative estimate of drug-likeness (QED) is 0.766. The van der Waals surface area contributed by atoms with E-state index in [-0.39, 0.29) is 12.3 Å². The first-order chi connectivity index (χ1) is 10.4. The van der Waals surface area contributed by atoms with Crippen LogP contribution in [0.15, 0.2) is 48.8 Å². The third-order valence-electron chi connectivity index (χ3n) is 3.01. The molecule has 0 aliphatic carbocycles. The van der Waals surface area contributed by atoms with E-state index in [1.165, 1.54) is 0 Å². The zero-order chi connectivity index (χ0) is 16.0. The Balaban J connectivity index is 1.86. The lowest BCUT2D eigenvalue weighted by Gasteiger charge is -2.16. The van der Waals surface area contributed by atoms with Crippen molar-refractivity contribution in [3.05, 3.63) is 54.4 Å². The van der Waals surface area contributed by atoms with Gasteiger partial charge in [-0.25, -0.2) is 0 Å². The average Bonchev–Trinajstić information content (AvgIpc) is 2.46. The highest BCUT2D eigenvalue weighted by molar-refractivity contribution is 5.76. The Morgan fingerprint density at radius 1 is 1.09 bits per heavy atom. The van der Waals surface area contributed by atoms with E-state index in [1.54, 1.807) is 26.2 Å². The molecule has 2 rings (SSSR count). The van der Waals surface area contributed by atoms with Crippen molar-refractivity contribution in [2.75, 3.05) is 5.32 Å². The first kappa shape index (κ1) is 16.0. The Morgan fingerprint density at radius 3 is 2.27 bits per heavy atom. The van der Waals surface area contributed by atoms with Gasteiger partial charge in [0.1, 0.15) is 0 Å². The molecule has 1 aromatic heterocycles. The Labute approximate surface area is 130 Å². The minimum atomic E-state index is -0.984. The third kappa shape index (κ3) is 5.54. The van der Waals surface area contributed by atoms with Crippen molar-refractivity contribution in [1.29, 1.82) is 0 Å². The second-order valence-corrected chi connectivity index (χ2v) is 5.82. The highest BCUT2D eigenvalue weighted by Gasteiger charge is 2.17. The third-order valence-corrected chi connectivity index (χ3v) is 3.01. The lowest BCUT2D eigenvalue weighted by atomic mass is 10.1. The van der Waals surface area contributed by atoms with Crippen molar-refractivity contribution in [2.45, 2.75) is 32.4 Å². The molecule has 5 nitrogen and oxygen atoms in total. The fourth-order valence-electron chi connectivity index (χ4n) is 1.96. The van der Waals surface area contributed by atoms with Gasteiger partial charge in [0.25, 0.3) is 0 Å². The number of rotatable bonds is 6. The monoisotopic (exact) mass is 299 g/mol. The summed E-state index contributed by atoms with van der Waals surface area (Å²) in [5, 5.41) is 15.7. The fraction of sp³-hybridized carbons (Fsp3) is 0.294. The molecule has 0 spiro atoms. The number of nitrogens with zero attached hydrogens (tertiary/aromatic N) is 1. The van der Waals surface area contributed by atoms with Crippen molar-refractivity contribution in [3.63, 3.8) is 0 Å². The number of aromatic nitrogens is 1. The molecule has 0 saturated heterocycles. The van der Waals surface area contributed by atoms with Crippen molar-refractivity contribution in [2.24, 2.45) is 0 Å². The topological polar surface area (TPSA) is 74.2 Å². The summed E-state index contributed by atoms with van der Waals surface area (Å²) in [5.41, 5.74) is 1.96. The Kier molecular flexibility index (Phi) is 5.12. The average molecular weight is 299 g/mol. The van der Waals surface area contributed by atoms with Gasteiger partial charge in [0.05, 0.1) is 12.0 Å². The van der Waals surface area contributed by atoms with Gasteiger partial charge in [-0.1, -0.05) is 12.1 Å². The van der Waals surface area contributed by atoms with Crippen molar-refractivity contribution in [1.82, 2.24) is 10.3 Å². The number of aliphatic hydroxyl groups is 1. The minimum Gasteiger partial charge on any atom is -0.390 e. The van der Waals surface area contributed by atoms with Crippen LogP contribution in [0.5, 0.6) is 0 Å². The van der Waals surface area contributed by atoms with Gasteiger partial charge < -0.3 is 15.7 Å². The van der Waals surface area contributed by atoms with Crippen LogP contribution >= 0.6 is 0 Å². The van der Waals surface area contributed by atoms with Crippen LogP contribution in [0.1, 0.15) is 25.8 Å². The van der Waals surface area contributed by atoms with Crippen LogP contribution in [-0.4, -0.2) is 21.6 Å². The summed E-state index contributed by atoms with van der Waals surface area (Å²) in [6.45, 7) is 3.68. The first-order valence-corrected chi connectivity index (χ1v) is 7.17. The molecule has 0 aliphatic rings. The number of carbonyl (C=O) groups excluding carboxylic acids is 1. The number of benzene rings is 1. The second-order valence-electron chi connectivity index (χ2n) is 5.82. The molecule has 1 amide bonds. The number of hydrogen-bond acceptors (Lipinski definition) is 4. The maximum absolute atomic E-state index is 11.7. The number of hydrogen-bond donors (Lipinski definition) is 3. The molecule has 0 atom stereocenters. The van der Waals surface area contributed by atoms with Gasteiger partial charge >= 0.3 is 0 Å². The molecule has 0 unspecified atom stereocenters. The molecule has 22 heavy (non-hydrogen) atoms. The van der Waals surface area contributed by atoms with Crippen molar-refractivity contribution < 1.29 is 9.90 Å². The molecular weight excluding hydrogens is 278 g/mol. The number of anilines is 2.